The number of alkyl halides is 1. The van der Waals surface area contributed by atoms with Crippen molar-refractivity contribution >= 4 is 23.0 Å². The number of hydrogen-bond acceptors (Lipinski definition) is 3. The smallest absolute Gasteiger partial charge is 0.269 e. The van der Waals surface area contributed by atoms with Crippen molar-refractivity contribution < 1.29 is 4.92 Å². The van der Waals surface area contributed by atoms with E-state index in [2.05, 4.69) is 4.90 Å². The van der Waals surface area contributed by atoms with Crippen molar-refractivity contribution in [2.45, 2.75) is 18.9 Å². The molecular formula is C11H13ClN2O2. The van der Waals surface area contributed by atoms with E-state index in [4.69, 9.17) is 11.6 Å². The minimum atomic E-state index is -0.382. The molecule has 0 N–H and O–H groups in total. The maximum atomic E-state index is 10.5. The van der Waals surface area contributed by atoms with Crippen LogP contribution in [-0.4, -0.2) is 23.4 Å². The van der Waals surface area contributed by atoms with Crippen molar-refractivity contribution in [3.8, 4) is 0 Å². The number of nitrogens with zero attached hydrogens (tertiary/aromatic N) is 2. The predicted octanol–water partition coefficient (Wildman–Crippen LogP) is 2.80. The summed E-state index contributed by atoms with van der Waals surface area (Å²) < 4.78 is 0. The molecule has 1 heterocycles. The average molecular weight is 241 g/mol. The SMILES string of the molecule is O=[N+]([O-])c1ccc(N2CCCC2CCl)cc1. The van der Waals surface area contributed by atoms with Crippen LogP contribution in [0.4, 0.5) is 11.4 Å². The highest BCUT2D eigenvalue weighted by molar-refractivity contribution is 6.18. The molecule has 1 saturated heterocycles. The minimum absolute atomic E-state index is 0.130. The zero-order valence-electron chi connectivity index (χ0n) is 8.80. The quantitative estimate of drug-likeness (QED) is 0.464. The number of anilines is 1. The average Bonchev–Trinajstić information content (AvgIpc) is 2.77. The molecular weight excluding hydrogens is 228 g/mol. The van der Waals surface area contributed by atoms with Crippen LogP contribution >= 0.6 is 11.6 Å². The van der Waals surface area contributed by atoms with Gasteiger partial charge in [0, 0.05) is 36.3 Å². The summed E-state index contributed by atoms with van der Waals surface area (Å²) in [4.78, 5) is 12.4. The molecule has 1 aromatic carbocycles. The van der Waals surface area contributed by atoms with E-state index < -0.39 is 0 Å². The van der Waals surface area contributed by atoms with Gasteiger partial charge >= 0.3 is 0 Å². The van der Waals surface area contributed by atoms with Gasteiger partial charge in [-0.15, -0.1) is 11.6 Å². The van der Waals surface area contributed by atoms with Crippen LogP contribution in [0.2, 0.25) is 0 Å². The fraction of sp³-hybridized carbons (Fsp3) is 0.455. The van der Waals surface area contributed by atoms with Crippen molar-refractivity contribution in [3.63, 3.8) is 0 Å². The Hall–Kier alpha value is -1.29. The van der Waals surface area contributed by atoms with Gasteiger partial charge in [0.05, 0.1) is 4.92 Å². The van der Waals surface area contributed by atoms with E-state index in [1.165, 1.54) is 0 Å². The van der Waals surface area contributed by atoms with Crippen molar-refractivity contribution in [1.29, 1.82) is 0 Å². The Morgan fingerprint density at radius 1 is 1.44 bits per heavy atom. The molecule has 16 heavy (non-hydrogen) atoms. The third-order valence-corrected chi connectivity index (χ3v) is 3.30. The van der Waals surface area contributed by atoms with Gasteiger partial charge in [-0.2, -0.15) is 0 Å². The van der Waals surface area contributed by atoms with Crippen LogP contribution in [0.1, 0.15) is 12.8 Å². The summed E-state index contributed by atoms with van der Waals surface area (Å²) >= 11 is 5.88. The Kier molecular flexibility index (Phi) is 3.29. The van der Waals surface area contributed by atoms with E-state index in [-0.39, 0.29) is 10.6 Å². The first-order valence-corrected chi connectivity index (χ1v) is 5.83. The standard InChI is InChI=1S/C11H13ClN2O2/c12-8-11-2-1-7-13(11)9-3-5-10(6-4-9)14(15)16/h3-6,11H,1-2,7-8H2. The minimum Gasteiger partial charge on any atom is -0.367 e. The molecule has 1 aliphatic rings. The first-order chi connectivity index (χ1) is 7.72. The molecule has 0 saturated carbocycles. The van der Waals surface area contributed by atoms with Crippen molar-refractivity contribution in [2.24, 2.45) is 0 Å². The summed E-state index contributed by atoms with van der Waals surface area (Å²) in [5, 5.41) is 10.5. The zero-order chi connectivity index (χ0) is 11.5. The Morgan fingerprint density at radius 2 is 2.12 bits per heavy atom. The van der Waals surface area contributed by atoms with E-state index in [0.717, 1.165) is 25.1 Å². The fourth-order valence-electron chi connectivity index (χ4n) is 2.10. The van der Waals surface area contributed by atoms with Gasteiger partial charge in [0.15, 0.2) is 0 Å². The lowest BCUT2D eigenvalue weighted by Gasteiger charge is -2.24. The molecule has 2 rings (SSSR count). The predicted molar refractivity (Wildman–Crippen MR) is 64.2 cm³/mol. The number of non-ortho nitro benzene ring substituents is 1. The molecule has 0 spiro atoms. The molecule has 1 aromatic rings. The number of hydrogen-bond donors (Lipinski definition) is 0. The van der Waals surface area contributed by atoms with Gasteiger partial charge in [-0.3, -0.25) is 10.1 Å². The molecule has 1 unspecified atom stereocenters. The van der Waals surface area contributed by atoms with Crippen molar-refractivity contribution in [1.82, 2.24) is 0 Å². The van der Waals surface area contributed by atoms with Crippen LogP contribution in [0, 0.1) is 10.1 Å². The van der Waals surface area contributed by atoms with E-state index in [1.807, 2.05) is 0 Å². The number of nitro benzene ring substituents is 1. The maximum Gasteiger partial charge on any atom is 0.269 e. The van der Waals surface area contributed by atoms with Crippen LogP contribution in [0.5, 0.6) is 0 Å². The second-order valence-electron chi connectivity index (χ2n) is 3.92. The first-order valence-electron chi connectivity index (χ1n) is 5.29. The fourth-order valence-corrected chi connectivity index (χ4v) is 2.42. The molecule has 1 fully saturated rings. The molecule has 86 valence electrons. The van der Waals surface area contributed by atoms with E-state index in [1.54, 1.807) is 24.3 Å². The summed E-state index contributed by atoms with van der Waals surface area (Å²) in [6.07, 6.45) is 2.23. The highest BCUT2D eigenvalue weighted by Crippen LogP contribution is 2.27. The molecule has 0 amide bonds. The van der Waals surface area contributed by atoms with Crippen molar-refractivity contribution in [3.05, 3.63) is 34.4 Å². The Balaban J connectivity index is 2.18. The van der Waals surface area contributed by atoms with Gasteiger partial charge in [0.1, 0.15) is 0 Å². The molecule has 0 aromatic heterocycles. The third-order valence-electron chi connectivity index (χ3n) is 2.95. The molecule has 4 nitrogen and oxygen atoms in total. The lowest BCUT2D eigenvalue weighted by molar-refractivity contribution is -0.384. The van der Waals surface area contributed by atoms with Crippen LogP contribution in [0.3, 0.4) is 0 Å². The van der Waals surface area contributed by atoms with Gasteiger partial charge in [-0.05, 0) is 25.0 Å². The number of benzene rings is 1. The summed E-state index contributed by atoms with van der Waals surface area (Å²) in [5.74, 6) is 0.608. The lowest BCUT2D eigenvalue weighted by atomic mass is 10.2. The van der Waals surface area contributed by atoms with Crippen LogP contribution in [0.15, 0.2) is 24.3 Å². The van der Waals surface area contributed by atoms with E-state index in [9.17, 15) is 10.1 Å². The lowest BCUT2D eigenvalue weighted by Crippen LogP contribution is -2.30. The highest BCUT2D eigenvalue weighted by Gasteiger charge is 2.23. The van der Waals surface area contributed by atoms with Crippen molar-refractivity contribution in [2.75, 3.05) is 17.3 Å². The van der Waals surface area contributed by atoms with Gasteiger partial charge in [0.25, 0.3) is 5.69 Å². The Morgan fingerprint density at radius 3 is 2.69 bits per heavy atom. The highest BCUT2D eigenvalue weighted by atomic mass is 35.5. The number of nitro groups is 1. The summed E-state index contributed by atoms with van der Waals surface area (Å²) in [5.41, 5.74) is 1.15. The van der Waals surface area contributed by atoms with Gasteiger partial charge in [-0.25, -0.2) is 0 Å². The molecule has 0 bridgehead atoms. The molecule has 0 radical (unpaired) electrons. The monoisotopic (exact) mass is 240 g/mol. The van der Waals surface area contributed by atoms with Gasteiger partial charge in [0.2, 0.25) is 0 Å². The van der Waals surface area contributed by atoms with Gasteiger partial charge in [-0.1, -0.05) is 0 Å². The normalized spacial score (nSPS) is 20.1. The molecule has 1 aliphatic heterocycles. The Labute approximate surface area is 99.0 Å². The summed E-state index contributed by atoms with van der Waals surface area (Å²) in [7, 11) is 0. The Bertz CT molecular complexity index is 380. The topological polar surface area (TPSA) is 46.4 Å². The van der Waals surface area contributed by atoms with Crippen LogP contribution in [0.25, 0.3) is 0 Å². The largest absolute Gasteiger partial charge is 0.367 e. The number of halogens is 1. The van der Waals surface area contributed by atoms with Crippen LogP contribution < -0.4 is 4.90 Å². The van der Waals surface area contributed by atoms with E-state index >= 15 is 0 Å². The zero-order valence-corrected chi connectivity index (χ0v) is 9.56. The number of rotatable bonds is 3. The second-order valence-corrected chi connectivity index (χ2v) is 4.23. The summed E-state index contributed by atoms with van der Waals surface area (Å²) in [6, 6.07) is 7.03. The summed E-state index contributed by atoms with van der Waals surface area (Å²) in [6.45, 7) is 0.981. The third kappa shape index (κ3) is 2.11. The molecule has 0 aliphatic carbocycles. The maximum absolute atomic E-state index is 10.5. The van der Waals surface area contributed by atoms with E-state index in [0.29, 0.717) is 11.9 Å². The first kappa shape index (κ1) is 11.2. The van der Waals surface area contributed by atoms with Crippen LogP contribution in [-0.2, 0) is 0 Å². The second kappa shape index (κ2) is 4.70. The molecule has 5 heteroatoms. The van der Waals surface area contributed by atoms with Gasteiger partial charge < -0.3 is 4.90 Å². The molecule has 1 atom stereocenters.